The Morgan fingerprint density at radius 2 is 1.57 bits per heavy atom. The van der Waals surface area contributed by atoms with Crippen LogP contribution in [0.5, 0.6) is 5.75 Å². The van der Waals surface area contributed by atoms with Gasteiger partial charge >= 0.3 is 0 Å². The van der Waals surface area contributed by atoms with Crippen molar-refractivity contribution in [2.75, 3.05) is 25.5 Å². The minimum absolute atomic E-state index is 0. The second-order valence-electron chi connectivity index (χ2n) is 11.0. The Balaban J connectivity index is 0.00000323. The van der Waals surface area contributed by atoms with Crippen LogP contribution in [0.3, 0.4) is 0 Å². The molecule has 0 amide bonds. The number of ether oxygens (including phenoxy) is 1. The van der Waals surface area contributed by atoms with Crippen molar-refractivity contribution in [2.24, 2.45) is 5.41 Å². The molecule has 1 aliphatic carbocycles. The van der Waals surface area contributed by atoms with E-state index in [-0.39, 0.29) is 17.8 Å². The third-order valence-electron chi connectivity index (χ3n) is 8.34. The van der Waals surface area contributed by atoms with E-state index in [1.54, 1.807) is 7.11 Å². The van der Waals surface area contributed by atoms with Gasteiger partial charge in [-0.05, 0) is 42.2 Å². The average molecular weight is 555 g/mol. The van der Waals surface area contributed by atoms with Crippen molar-refractivity contribution in [3.63, 3.8) is 0 Å². The first-order valence-electron chi connectivity index (χ1n) is 14.2. The fraction of sp³-hybridized carbons (Fsp3) is 0.324. The highest BCUT2D eigenvalue weighted by Crippen LogP contribution is 2.37. The van der Waals surface area contributed by atoms with E-state index in [2.05, 4.69) is 88.1 Å². The first-order valence-corrected chi connectivity index (χ1v) is 14.2. The van der Waals surface area contributed by atoms with Crippen molar-refractivity contribution in [3.8, 4) is 5.75 Å². The number of nitrogens with one attached hydrogen (secondary N) is 2. The third-order valence-corrected chi connectivity index (χ3v) is 8.34. The Morgan fingerprint density at radius 1 is 0.850 bits per heavy atom. The molecule has 2 heterocycles. The van der Waals surface area contributed by atoms with Gasteiger partial charge in [-0.1, -0.05) is 79.9 Å². The quantitative estimate of drug-likeness (QED) is 0.185. The third kappa shape index (κ3) is 6.11. The van der Waals surface area contributed by atoms with Crippen LogP contribution in [-0.4, -0.2) is 29.8 Å². The Hall–Kier alpha value is -3.54. The lowest BCUT2D eigenvalue weighted by atomic mass is 9.74. The molecule has 6 heteroatoms. The van der Waals surface area contributed by atoms with Crippen LogP contribution >= 0.6 is 12.4 Å². The summed E-state index contributed by atoms with van der Waals surface area (Å²) in [6.07, 6.45) is 8.70. The number of nitrogens with zero attached hydrogens (tertiary/aromatic N) is 2. The SMILES string of the molecule is COc1cc(NCC2(CNCc3cn(Cc4ccccc4)c4ccccc34)CCCCC2)nc2ccccc12.Cl. The Bertz CT molecular complexity index is 1540. The highest BCUT2D eigenvalue weighted by molar-refractivity contribution is 5.87. The minimum Gasteiger partial charge on any atom is -0.496 e. The smallest absolute Gasteiger partial charge is 0.131 e. The lowest BCUT2D eigenvalue weighted by molar-refractivity contribution is 0.197. The number of benzene rings is 3. The van der Waals surface area contributed by atoms with Crippen molar-refractivity contribution in [2.45, 2.75) is 45.2 Å². The van der Waals surface area contributed by atoms with Crippen molar-refractivity contribution in [3.05, 3.63) is 102 Å². The van der Waals surface area contributed by atoms with E-state index in [4.69, 9.17) is 9.72 Å². The lowest BCUT2D eigenvalue weighted by Crippen LogP contribution is -2.41. The molecule has 5 nitrogen and oxygen atoms in total. The van der Waals surface area contributed by atoms with Gasteiger partial charge in [0.15, 0.2) is 0 Å². The molecule has 208 valence electrons. The van der Waals surface area contributed by atoms with E-state index in [0.29, 0.717) is 0 Å². The molecule has 0 bridgehead atoms. The number of rotatable bonds is 10. The number of hydrogen-bond acceptors (Lipinski definition) is 4. The van der Waals surface area contributed by atoms with Gasteiger partial charge in [-0.2, -0.15) is 0 Å². The zero-order chi connectivity index (χ0) is 26.5. The largest absolute Gasteiger partial charge is 0.496 e. The predicted molar refractivity (Wildman–Crippen MR) is 169 cm³/mol. The summed E-state index contributed by atoms with van der Waals surface area (Å²) in [7, 11) is 1.73. The summed E-state index contributed by atoms with van der Waals surface area (Å²) in [6, 6.07) is 29.7. The molecule has 5 aromatic rings. The molecule has 40 heavy (non-hydrogen) atoms. The van der Waals surface area contributed by atoms with Gasteiger partial charge in [0, 0.05) is 60.1 Å². The van der Waals surface area contributed by atoms with Gasteiger partial charge in [-0.15, -0.1) is 12.4 Å². The molecule has 1 saturated carbocycles. The molecular weight excluding hydrogens is 516 g/mol. The van der Waals surface area contributed by atoms with Gasteiger partial charge in [0.2, 0.25) is 0 Å². The van der Waals surface area contributed by atoms with Gasteiger partial charge in [-0.3, -0.25) is 0 Å². The van der Waals surface area contributed by atoms with E-state index in [9.17, 15) is 0 Å². The molecule has 0 spiro atoms. The molecule has 1 aliphatic rings. The average Bonchev–Trinajstić information content (AvgIpc) is 3.33. The lowest BCUT2D eigenvalue weighted by Gasteiger charge is -2.38. The summed E-state index contributed by atoms with van der Waals surface area (Å²) in [4.78, 5) is 4.88. The summed E-state index contributed by atoms with van der Waals surface area (Å²) >= 11 is 0. The number of anilines is 1. The van der Waals surface area contributed by atoms with Crippen LogP contribution in [0.1, 0.15) is 43.2 Å². The number of halogens is 1. The van der Waals surface area contributed by atoms with Crippen molar-refractivity contribution < 1.29 is 4.74 Å². The normalized spacial score (nSPS) is 14.6. The topological polar surface area (TPSA) is 51.1 Å². The summed E-state index contributed by atoms with van der Waals surface area (Å²) in [5, 5.41) is 9.95. The van der Waals surface area contributed by atoms with E-state index in [1.807, 2.05) is 18.2 Å². The number of methoxy groups -OCH3 is 1. The molecule has 1 fully saturated rings. The minimum atomic E-state index is 0. The zero-order valence-electron chi connectivity index (χ0n) is 23.2. The van der Waals surface area contributed by atoms with Crippen molar-refractivity contribution >= 4 is 40.0 Å². The number of hydrogen-bond donors (Lipinski definition) is 2. The molecular formula is C34H39ClN4O. The maximum atomic E-state index is 5.68. The van der Waals surface area contributed by atoms with Crippen LogP contribution in [-0.2, 0) is 13.1 Å². The maximum absolute atomic E-state index is 5.68. The zero-order valence-corrected chi connectivity index (χ0v) is 24.1. The van der Waals surface area contributed by atoms with Gasteiger partial charge in [0.25, 0.3) is 0 Å². The monoisotopic (exact) mass is 554 g/mol. The summed E-state index contributed by atoms with van der Waals surface area (Å²) in [6.45, 7) is 3.65. The predicted octanol–water partition coefficient (Wildman–Crippen LogP) is 7.82. The second kappa shape index (κ2) is 12.8. The molecule has 0 atom stereocenters. The van der Waals surface area contributed by atoms with E-state index in [1.165, 1.54) is 54.1 Å². The van der Waals surface area contributed by atoms with Crippen molar-refractivity contribution in [1.29, 1.82) is 0 Å². The van der Waals surface area contributed by atoms with E-state index < -0.39 is 0 Å². The summed E-state index contributed by atoms with van der Waals surface area (Å²) < 4.78 is 8.07. The molecule has 0 radical (unpaired) electrons. The fourth-order valence-corrected chi connectivity index (χ4v) is 6.24. The van der Waals surface area contributed by atoms with Crippen LogP contribution in [0.2, 0.25) is 0 Å². The highest BCUT2D eigenvalue weighted by Gasteiger charge is 2.32. The Kier molecular flexibility index (Phi) is 8.93. The van der Waals surface area contributed by atoms with E-state index in [0.717, 1.165) is 48.6 Å². The number of pyridine rings is 1. The fourth-order valence-electron chi connectivity index (χ4n) is 6.24. The second-order valence-corrected chi connectivity index (χ2v) is 11.0. The van der Waals surface area contributed by atoms with Crippen molar-refractivity contribution in [1.82, 2.24) is 14.9 Å². The number of para-hydroxylation sites is 2. The molecule has 2 N–H and O–H groups in total. The van der Waals surface area contributed by atoms with Crippen LogP contribution in [0.4, 0.5) is 5.82 Å². The van der Waals surface area contributed by atoms with Gasteiger partial charge in [0.05, 0.1) is 12.6 Å². The van der Waals surface area contributed by atoms with Crippen LogP contribution in [0.25, 0.3) is 21.8 Å². The number of fused-ring (bicyclic) bond motifs is 2. The standard InChI is InChI=1S/C34H38N4O.ClH/c1-39-32-20-33(37-30-16-8-6-15-29(30)32)36-25-34(18-10-3-11-19-34)24-35-21-27-23-38(22-26-12-4-2-5-13-26)31-17-9-7-14-28(27)31;/h2,4-9,12-17,20,23,35H,3,10-11,18-19,21-22,24-25H2,1H3,(H,36,37);1H. The molecule has 0 saturated heterocycles. The highest BCUT2D eigenvalue weighted by atomic mass is 35.5. The molecule has 3 aromatic carbocycles. The summed E-state index contributed by atoms with van der Waals surface area (Å²) in [5.74, 6) is 1.75. The summed E-state index contributed by atoms with van der Waals surface area (Å²) in [5.41, 5.74) is 5.15. The maximum Gasteiger partial charge on any atom is 0.131 e. The molecule has 2 aromatic heterocycles. The van der Waals surface area contributed by atoms with Gasteiger partial charge in [-0.25, -0.2) is 4.98 Å². The first-order chi connectivity index (χ1) is 19.2. The van der Waals surface area contributed by atoms with Gasteiger partial charge in [0.1, 0.15) is 11.6 Å². The van der Waals surface area contributed by atoms with Crippen LogP contribution in [0.15, 0.2) is 91.1 Å². The Labute approximate surface area is 243 Å². The Morgan fingerprint density at radius 3 is 2.38 bits per heavy atom. The van der Waals surface area contributed by atoms with E-state index >= 15 is 0 Å². The van der Waals surface area contributed by atoms with Gasteiger partial charge < -0.3 is 19.9 Å². The van der Waals surface area contributed by atoms with Crippen LogP contribution < -0.4 is 15.4 Å². The first kappa shape index (κ1) is 28.0. The molecule has 6 rings (SSSR count). The molecule has 0 unspecified atom stereocenters. The molecule has 0 aliphatic heterocycles. The van der Waals surface area contributed by atoms with Crippen LogP contribution in [0, 0.1) is 5.41 Å². The number of aromatic nitrogens is 2.